The second-order valence-corrected chi connectivity index (χ2v) is 5.13. The minimum absolute atomic E-state index is 0.276. The zero-order valence-corrected chi connectivity index (χ0v) is 11.6. The lowest BCUT2D eigenvalue weighted by Crippen LogP contribution is -2.04. The molecule has 0 aliphatic heterocycles. The molecule has 19 heavy (non-hydrogen) atoms. The Kier molecular flexibility index (Phi) is 4.18. The van der Waals surface area contributed by atoms with Crippen LogP contribution in [0.4, 0.5) is 13.2 Å². The highest BCUT2D eigenvalue weighted by molar-refractivity contribution is 9.10. The number of aliphatic hydroxyl groups excluding tert-OH is 1. The van der Waals surface area contributed by atoms with Gasteiger partial charge in [0.15, 0.2) is 11.6 Å². The van der Waals surface area contributed by atoms with E-state index in [9.17, 15) is 18.3 Å². The molecule has 0 amide bonds. The van der Waals surface area contributed by atoms with Gasteiger partial charge >= 0.3 is 0 Å². The molecule has 0 spiro atoms. The molecule has 1 unspecified atom stereocenters. The molecule has 100 valence electrons. The van der Waals surface area contributed by atoms with E-state index in [1.807, 2.05) is 0 Å². The van der Waals surface area contributed by atoms with Gasteiger partial charge in [0.2, 0.25) is 0 Å². The van der Waals surface area contributed by atoms with Crippen LogP contribution in [0.3, 0.4) is 0 Å². The fourth-order valence-electron chi connectivity index (χ4n) is 1.61. The minimum atomic E-state index is -1.43. The molecule has 0 bridgehead atoms. The van der Waals surface area contributed by atoms with Crippen molar-refractivity contribution in [3.63, 3.8) is 0 Å². The van der Waals surface area contributed by atoms with Crippen LogP contribution in [0.2, 0.25) is 5.02 Å². The lowest BCUT2D eigenvalue weighted by atomic mass is 10.0. The van der Waals surface area contributed by atoms with Crippen molar-refractivity contribution in [3.05, 3.63) is 68.4 Å². The summed E-state index contributed by atoms with van der Waals surface area (Å²) < 4.78 is 40.1. The Morgan fingerprint density at radius 2 is 1.63 bits per heavy atom. The van der Waals surface area contributed by atoms with Gasteiger partial charge in [-0.15, -0.1) is 0 Å². The fraction of sp³-hybridized carbons (Fsp3) is 0.0769. The first kappa shape index (κ1) is 14.4. The van der Waals surface area contributed by atoms with E-state index in [4.69, 9.17) is 11.6 Å². The van der Waals surface area contributed by atoms with Crippen LogP contribution < -0.4 is 0 Å². The third-order valence-corrected chi connectivity index (χ3v) is 3.83. The van der Waals surface area contributed by atoms with Crippen molar-refractivity contribution in [3.8, 4) is 0 Å². The summed E-state index contributed by atoms with van der Waals surface area (Å²) in [5, 5.41) is 10.3. The Morgan fingerprint density at radius 1 is 1.00 bits per heavy atom. The van der Waals surface area contributed by atoms with Gasteiger partial charge in [-0.05, 0) is 39.7 Å². The Bertz CT molecular complexity index is 634. The second-order valence-electron chi connectivity index (χ2n) is 3.86. The highest BCUT2D eigenvalue weighted by Gasteiger charge is 2.19. The molecule has 0 saturated carbocycles. The molecule has 0 aliphatic carbocycles. The number of hydrogen-bond donors (Lipinski definition) is 1. The molecule has 1 atom stereocenters. The Balaban J connectivity index is 2.46. The molecule has 1 nitrogen and oxygen atoms in total. The minimum Gasteiger partial charge on any atom is -0.384 e. The maximum atomic E-state index is 13.5. The second kappa shape index (κ2) is 5.53. The van der Waals surface area contributed by atoms with E-state index in [-0.39, 0.29) is 11.1 Å². The molecular weight excluding hydrogens is 344 g/mol. The van der Waals surface area contributed by atoms with Gasteiger partial charge in [0, 0.05) is 16.1 Å². The highest BCUT2D eigenvalue weighted by Crippen LogP contribution is 2.30. The molecule has 0 fully saturated rings. The number of halogens is 5. The van der Waals surface area contributed by atoms with Crippen molar-refractivity contribution in [2.45, 2.75) is 6.10 Å². The highest BCUT2D eigenvalue weighted by atomic mass is 79.9. The largest absolute Gasteiger partial charge is 0.384 e. The van der Waals surface area contributed by atoms with E-state index in [0.29, 0.717) is 21.6 Å². The van der Waals surface area contributed by atoms with E-state index in [2.05, 4.69) is 15.9 Å². The Hall–Kier alpha value is -1.04. The van der Waals surface area contributed by atoms with Crippen LogP contribution in [0, 0.1) is 17.5 Å². The lowest BCUT2D eigenvalue weighted by Gasteiger charge is -2.13. The van der Waals surface area contributed by atoms with E-state index >= 15 is 0 Å². The molecule has 0 aromatic heterocycles. The SMILES string of the molecule is OC(c1ccc(Br)c(Cl)c1)c1cc(F)c(F)cc1F. The Labute approximate surface area is 120 Å². The monoisotopic (exact) mass is 350 g/mol. The van der Waals surface area contributed by atoms with Gasteiger partial charge in [0.1, 0.15) is 11.9 Å². The van der Waals surface area contributed by atoms with Crippen molar-refractivity contribution in [2.75, 3.05) is 0 Å². The molecule has 2 aromatic rings. The fourth-order valence-corrected chi connectivity index (χ4v) is 2.05. The van der Waals surface area contributed by atoms with Crippen molar-refractivity contribution in [1.29, 1.82) is 0 Å². The summed E-state index contributed by atoms with van der Waals surface area (Å²) in [4.78, 5) is 0. The number of hydrogen-bond acceptors (Lipinski definition) is 1. The summed E-state index contributed by atoms with van der Waals surface area (Å²) in [6.45, 7) is 0. The molecule has 2 rings (SSSR count). The van der Waals surface area contributed by atoms with Gasteiger partial charge in [-0.2, -0.15) is 0 Å². The van der Waals surface area contributed by atoms with Crippen LogP contribution in [0.1, 0.15) is 17.2 Å². The first-order chi connectivity index (χ1) is 8.90. The van der Waals surface area contributed by atoms with Crippen molar-refractivity contribution in [2.24, 2.45) is 0 Å². The molecule has 0 heterocycles. The predicted octanol–water partition coefficient (Wildman–Crippen LogP) is 4.60. The van der Waals surface area contributed by atoms with Crippen LogP contribution in [-0.2, 0) is 0 Å². The van der Waals surface area contributed by atoms with Crippen molar-refractivity contribution in [1.82, 2.24) is 0 Å². The quantitative estimate of drug-likeness (QED) is 0.784. The first-order valence-electron chi connectivity index (χ1n) is 5.17. The molecule has 0 radical (unpaired) electrons. The van der Waals surface area contributed by atoms with Gasteiger partial charge in [-0.1, -0.05) is 17.7 Å². The van der Waals surface area contributed by atoms with Crippen LogP contribution >= 0.6 is 27.5 Å². The number of aliphatic hydroxyl groups is 1. The van der Waals surface area contributed by atoms with Crippen LogP contribution in [-0.4, -0.2) is 5.11 Å². The number of rotatable bonds is 2. The number of benzene rings is 2. The van der Waals surface area contributed by atoms with E-state index in [1.165, 1.54) is 12.1 Å². The molecule has 0 aliphatic rings. The topological polar surface area (TPSA) is 20.2 Å². The summed E-state index contributed by atoms with van der Waals surface area (Å²) in [5.41, 5.74) is -0.0737. The summed E-state index contributed by atoms with van der Waals surface area (Å²) in [7, 11) is 0. The van der Waals surface area contributed by atoms with Gasteiger partial charge in [-0.3, -0.25) is 0 Å². The smallest absolute Gasteiger partial charge is 0.161 e. The van der Waals surface area contributed by atoms with Crippen molar-refractivity contribution >= 4 is 27.5 Å². The third kappa shape index (κ3) is 2.94. The van der Waals surface area contributed by atoms with E-state index < -0.39 is 23.6 Å². The van der Waals surface area contributed by atoms with Gasteiger partial charge in [0.05, 0.1) is 5.02 Å². The summed E-state index contributed by atoms with van der Waals surface area (Å²) in [6.07, 6.45) is -1.43. The average molecular weight is 352 g/mol. The first-order valence-corrected chi connectivity index (χ1v) is 6.34. The predicted molar refractivity (Wildman–Crippen MR) is 69.5 cm³/mol. The van der Waals surface area contributed by atoms with Crippen LogP contribution in [0.15, 0.2) is 34.8 Å². The Morgan fingerprint density at radius 3 is 2.26 bits per heavy atom. The summed E-state index contributed by atoms with van der Waals surface area (Å²) in [5.74, 6) is -3.55. The van der Waals surface area contributed by atoms with Crippen LogP contribution in [0.5, 0.6) is 0 Å². The maximum Gasteiger partial charge on any atom is 0.161 e. The lowest BCUT2D eigenvalue weighted by molar-refractivity contribution is 0.214. The third-order valence-electron chi connectivity index (χ3n) is 2.59. The molecule has 1 N–H and O–H groups in total. The molecule has 6 heteroatoms. The normalized spacial score (nSPS) is 12.5. The van der Waals surface area contributed by atoms with Gasteiger partial charge in [0.25, 0.3) is 0 Å². The van der Waals surface area contributed by atoms with Gasteiger partial charge in [-0.25, -0.2) is 13.2 Å². The standard InChI is InChI=1S/C13H7BrClF3O/c14-8-2-1-6(3-9(8)15)13(19)7-4-11(17)12(18)5-10(7)16/h1-5,13,19H. The maximum absolute atomic E-state index is 13.5. The summed E-state index contributed by atoms with van der Waals surface area (Å²) >= 11 is 9.03. The molecular formula is C13H7BrClF3O. The zero-order chi connectivity index (χ0) is 14.2. The average Bonchev–Trinajstić information content (AvgIpc) is 2.36. The molecule has 2 aromatic carbocycles. The van der Waals surface area contributed by atoms with E-state index in [1.54, 1.807) is 6.07 Å². The van der Waals surface area contributed by atoms with Crippen LogP contribution in [0.25, 0.3) is 0 Å². The van der Waals surface area contributed by atoms with Crippen molar-refractivity contribution < 1.29 is 18.3 Å². The zero-order valence-electron chi connectivity index (χ0n) is 9.30. The van der Waals surface area contributed by atoms with E-state index in [0.717, 1.165) is 0 Å². The van der Waals surface area contributed by atoms with Gasteiger partial charge < -0.3 is 5.11 Å². The molecule has 0 saturated heterocycles. The summed E-state index contributed by atoms with van der Waals surface area (Å²) in [6, 6.07) is 5.51.